The molecule has 0 aliphatic carbocycles. The van der Waals surface area contributed by atoms with E-state index in [-0.39, 0.29) is 19.1 Å². The van der Waals surface area contributed by atoms with E-state index in [9.17, 15) is 19.5 Å². The zero-order chi connectivity index (χ0) is 25.4. The fraction of sp³-hybridized carbons (Fsp3) is 0.444. The van der Waals surface area contributed by atoms with Crippen LogP contribution in [0.1, 0.15) is 25.3 Å². The summed E-state index contributed by atoms with van der Waals surface area (Å²) in [5, 5.41) is 13.8. The van der Waals surface area contributed by atoms with E-state index >= 15 is 0 Å². The molecule has 2 unspecified atom stereocenters. The van der Waals surface area contributed by atoms with Crippen molar-refractivity contribution in [1.82, 2.24) is 4.90 Å². The van der Waals surface area contributed by atoms with Crippen LogP contribution in [0, 0.1) is 11.8 Å². The number of carbonyl (C=O) groups is 3. The highest BCUT2D eigenvalue weighted by Gasteiger charge is 2.75. The monoisotopic (exact) mass is 512 g/mol. The highest BCUT2D eigenvalue weighted by atomic mass is 35.5. The van der Waals surface area contributed by atoms with Gasteiger partial charge in [0.2, 0.25) is 11.8 Å². The average Bonchev–Trinajstić information content (AvgIpc) is 3.52. The first kappa shape index (κ1) is 24.7. The van der Waals surface area contributed by atoms with Crippen molar-refractivity contribution in [2.75, 3.05) is 18.5 Å². The molecular formula is C27H29ClN2O6. The second-order valence-electron chi connectivity index (χ2n) is 9.58. The zero-order valence-corrected chi connectivity index (χ0v) is 20.7. The summed E-state index contributed by atoms with van der Waals surface area (Å²) in [5.74, 6) is -2.89. The van der Waals surface area contributed by atoms with Crippen molar-refractivity contribution in [1.29, 1.82) is 0 Å². The summed E-state index contributed by atoms with van der Waals surface area (Å²) in [4.78, 5) is 42.2. The number of halogens is 1. The van der Waals surface area contributed by atoms with Crippen LogP contribution in [-0.2, 0) is 30.3 Å². The number of hydrogen-bond acceptors (Lipinski definition) is 6. The predicted octanol–water partition coefficient (Wildman–Crippen LogP) is 2.82. The summed E-state index contributed by atoms with van der Waals surface area (Å²) in [6.07, 6.45) is 0.883. The SMILES string of the molecule is CCOC(=O)[C@@H]1[C@H]2C(=O)N([C@@H](CO)Cc3ccccc3)C(C(=O)Nc3ccc(Cl)cc3)C23CC[C@H]1O3. The quantitative estimate of drug-likeness (QED) is 0.527. The molecule has 9 heteroatoms. The zero-order valence-electron chi connectivity index (χ0n) is 19.9. The molecule has 3 aliphatic heterocycles. The van der Waals surface area contributed by atoms with Crippen LogP contribution in [0.5, 0.6) is 0 Å². The molecular weight excluding hydrogens is 484 g/mol. The van der Waals surface area contributed by atoms with Crippen molar-refractivity contribution < 1.29 is 29.0 Å². The third kappa shape index (κ3) is 4.07. The van der Waals surface area contributed by atoms with Crippen LogP contribution in [0.25, 0.3) is 0 Å². The maximum Gasteiger partial charge on any atom is 0.312 e. The van der Waals surface area contributed by atoms with Gasteiger partial charge in [0.1, 0.15) is 11.6 Å². The number of nitrogens with one attached hydrogen (secondary N) is 1. The summed E-state index contributed by atoms with van der Waals surface area (Å²) in [7, 11) is 0. The van der Waals surface area contributed by atoms with E-state index in [4.69, 9.17) is 21.1 Å². The molecule has 3 fully saturated rings. The summed E-state index contributed by atoms with van der Waals surface area (Å²) in [6.45, 7) is 1.56. The molecule has 0 radical (unpaired) electrons. The standard InChI is InChI=1S/C27H29ClN2O6/c1-2-35-26(34)21-20-12-13-27(36-20)22(21)25(33)30(19(15-31)14-16-6-4-3-5-7-16)23(27)24(32)29-18-10-8-17(28)9-11-18/h3-11,19-23,31H,2,12-15H2,1H3,(H,29,32)/t19-,20-,21+,22+,23?,27?/m1/s1. The van der Waals surface area contributed by atoms with Gasteiger partial charge in [0, 0.05) is 10.7 Å². The minimum atomic E-state index is -1.17. The van der Waals surface area contributed by atoms with Crippen molar-refractivity contribution >= 4 is 35.1 Å². The van der Waals surface area contributed by atoms with E-state index in [1.807, 2.05) is 30.3 Å². The lowest BCUT2D eigenvalue weighted by Gasteiger charge is -2.36. The van der Waals surface area contributed by atoms with Gasteiger partial charge >= 0.3 is 5.97 Å². The number of likely N-dealkylation sites (tertiary alicyclic amines) is 1. The van der Waals surface area contributed by atoms with Gasteiger partial charge in [0.25, 0.3) is 0 Å². The number of anilines is 1. The first-order valence-electron chi connectivity index (χ1n) is 12.3. The number of fused-ring (bicyclic) bond motifs is 1. The van der Waals surface area contributed by atoms with Gasteiger partial charge in [-0.15, -0.1) is 0 Å². The van der Waals surface area contributed by atoms with E-state index in [0.717, 1.165) is 5.56 Å². The molecule has 2 amide bonds. The first-order valence-corrected chi connectivity index (χ1v) is 12.6. The summed E-state index contributed by atoms with van der Waals surface area (Å²) in [6, 6.07) is 14.5. The predicted molar refractivity (Wildman–Crippen MR) is 132 cm³/mol. The summed E-state index contributed by atoms with van der Waals surface area (Å²) in [5.41, 5.74) is 0.275. The number of rotatable bonds is 8. The Morgan fingerprint density at radius 2 is 1.94 bits per heavy atom. The molecule has 0 aromatic heterocycles. The van der Waals surface area contributed by atoms with Crippen molar-refractivity contribution in [2.45, 2.75) is 50.0 Å². The molecule has 3 heterocycles. The summed E-state index contributed by atoms with van der Waals surface area (Å²) < 4.78 is 11.7. The Morgan fingerprint density at radius 1 is 1.22 bits per heavy atom. The van der Waals surface area contributed by atoms with Gasteiger partial charge < -0.3 is 24.8 Å². The van der Waals surface area contributed by atoms with Gasteiger partial charge in [-0.25, -0.2) is 0 Å². The number of amides is 2. The van der Waals surface area contributed by atoms with Crippen LogP contribution < -0.4 is 5.32 Å². The third-order valence-electron chi connectivity index (χ3n) is 7.58. The number of aliphatic hydroxyl groups is 1. The normalized spacial score (nSPS) is 29.2. The summed E-state index contributed by atoms with van der Waals surface area (Å²) >= 11 is 5.99. The van der Waals surface area contributed by atoms with Crippen molar-refractivity contribution in [3.05, 3.63) is 65.2 Å². The fourth-order valence-electron chi connectivity index (χ4n) is 6.17. The Bertz CT molecular complexity index is 1140. The molecule has 2 aromatic rings. The minimum absolute atomic E-state index is 0.188. The van der Waals surface area contributed by atoms with Crippen molar-refractivity contribution in [2.24, 2.45) is 11.8 Å². The maximum absolute atomic E-state index is 14.0. The number of nitrogens with zero attached hydrogens (tertiary/aromatic N) is 1. The average molecular weight is 513 g/mol. The Labute approximate surface area is 214 Å². The van der Waals surface area contributed by atoms with Crippen LogP contribution in [0.3, 0.4) is 0 Å². The van der Waals surface area contributed by atoms with Crippen LogP contribution in [0.2, 0.25) is 5.02 Å². The molecule has 1 spiro atoms. The molecule has 3 aliphatic rings. The number of benzene rings is 2. The number of esters is 1. The Hall–Kier alpha value is -2.94. The van der Waals surface area contributed by atoms with Gasteiger partial charge in [0.05, 0.1) is 37.2 Å². The van der Waals surface area contributed by atoms with E-state index in [1.54, 1.807) is 31.2 Å². The Kier molecular flexibility index (Phi) is 6.76. The van der Waals surface area contributed by atoms with Crippen LogP contribution in [0.4, 0.5) is 5.69 Å². The largest absolute Gasteiger partial charge is 0.466 e. The van der Waals surface area contributed by atoms with Gasteiger partial charge in [-0.05, 0) is 56.0 Å². The molecule has 0 saturated carbocycles. The molecule has 36 heavy (non-hydrogen) atoms. The Balaban J connectivity index is 1.53. The molecule has 2 bridgehead atoms. The highest BCUT2D eigenvalue weighted by molar-refractivity contribution is 6.30. The van der Waals surface area contributed by atoms with Gasteiger partial charge in [-0.1, -0.05) is 41.9 Å². The number of hydrogen-bond donors (Lipinski definition) is 2. The smallest absolute Gasteiger partial charge is 0.312 e. The second kappa shape index (κ2) is 9.84. The lowest BCUT2D eigenvalue weighted by Crippen LogP contribution is -2.56. The second-order valence-corrected chi connectivity index (χ2v) is 10.0. The minimum Gasteiger partial charge on any atom is -0.466 e. The number of ether oxygens (including phenoxy) is 2. The molecule has 5 rings (SSSR count). The third-order valence-corrected chi connectivity index (χ3v) is 7.83. The maximum atomic E-state index is 14.0. The Morgan fingerprint density at radius 3 is 2.61 bits per heavy atom. The van der Waals surface area contributed by atoms with Crippen molar-refractivity contribution in [3.8, 4) is 0 Å². The lowest BCUT2D eigenvalue weighted by molar-refractivity contribution is -0.155. The van der Waals surface area contributed by atoms with E-state index in [0.29, 0.717) is 30.0 Å². The van der Waals surface area contributed by atoms with Crippen LogP contribution >= 0.6 is 11.6 Å². The van der Waals surface area contributed by atoms with Crippen LogP contribution in [0.15, 0.2) is 54.6 Å². The highest BCUT2D eigenvalue weighted by Crippen LogP contribution is 2.59. The molecule has 2 aromatic carbocycles. The van der Waals surface area contributed by atoms with Gasteiger partial charge in [-0.2, -0.15) is 0 Å². The van der Waals surface area contributed by atoms with Gasteiger partial charge in [-0.3, -0.25) is 14.4 Å². The first-order chi connectivity index (χ1) is 17.4. The van der Waals surface area contributed by atoms with Crippen LogP contribution in [-0.4, -0.2) is 64.8 Å². The lowest BCUT2D eigenvalue weighted by atomic mass is 9.70. The molecule has 8 nitrogen and oxygen atoms in total. The van der Waals surface area contributed by atoms with Gasteiger partial charge in [0.15, 0.2) is 0 Å². The molecule has 2 N–H and O–H groups in total. The van der Waals surface area contributed by atoms with E-state index in [1.165, 1.54) is 4.90 Å². The number of aliphatic hydroxyl groups excluding tert-OH is 1. The molecule has 6 atom stereocenters. The molecule has 190 valence electrons. The van der Waals surface area contributed by atoms with E-state index in [2.05, 4.69) is 5.32 Å². The van der Waals surface area contributed by atoms with E-state index < -0.39 is 47.5 Å². The molecule has 3 saturated heterocycles. The topological polar surface area (TPSA) is 105 Å². The number of carbonyl (C=O) groups excluding carboxylic acids is 3. The fourth-order valence-corrected chi connectivity index (χ4v) is 6.30. The van der Waals surface area contributed by atoms with Crippen molar-refractivity contribution in [3.63, 3.8) is 0 Å².